The fourth-order valence-electron chi connectivity index (χ4n) is 2.72. The van der Waals surface area contributed by atoms with E-state index in [1.54, 1.807) is 43.3 Å². The summed E-state index contributed by atoms with van der Waals surface area (Å²) in [5.74, 6) is -0.898. The lowest BCUT2D eigenvalue weighted by atomic mass is 10.0. The van der Waals surface area contributed by atoms with Crippen LogP contribution in [0.25, 0.3) is 0 Å². The van der Waals surface area contributed by atoms with Gasteiger partial charge in [-0.15, -0.1) is 0 Å². The summed E-state index contributed by atoms with van der Waals surface area (Å²) in [6, 6.07) is 9.89. The predicted octanol–water partition coefficient (Wildman–Crippen LogP) is 0.985. The van der Waals surface area contributed by atoms with Gasteiger partial charge in [0.25, 0.3) is 11.8 Å². The van der Waals surface area contributed by atoms with Crippen LogP contribution < -0.4 is 5.32 Å². The number of hydrogen-bond acceptors (Lipinski definition) is 5. The minimum atomic E-state index is -1.21. The molecule has 0 spiro atoms. The van der Waals surface area contributed by atoms with Gasteiger partial charge in [-0.25, -0.2) is 0 Å². The molecule has 0 aliphatic carbocycles. The molecule has 1 atom stereocenters. The third-order valence-electron chi connectivity index (χ3n) is 3.98. The van der Waals surface area contributed by atoms with Gasteiger partial charge in [0.2, 0.25) is 5.91 Å². The van der Waals surface area contributed by atoms with Crippen LogP contribution in [-0.4, -0.2) is 46.4 Å². The first-order valence-electron chi connectivity index (χ1n) is 7.84. The highest BCUT2D eigenvalue weighted by Crippen LogP contribution is 2.22. The van der Waals surface area contributed by atoms with Crippen molar-refractivity contribution >= 4 is 17.7 Å². The summed E-state index contributed by atoms with van der Waals surface area (Å²) < 4.78 is 5.18. The van der Waals surface area contributed by atoms with E-state index in [9.17, 15) is 19.5 Å². The van der Waals surface area contributed by atoms with E-state index in [0.29, 0.717) is 16.9 Å². The number of aliphatic hydroxyl groups is 1. The van der Waals surface area contributed by atoms with Gasteiger partial charge in [0, 0.05) is 13.0 Å². The summed E-state index contributed by atoms with van der Waals surface area (Å²) in [6.45, 7) is 1.15. The normalized spacial score (nSPS) is 15.8. The van der Waals surface area contributed by atoms with E-state index < -0.39 is 23.3 Å². The Morgan fingerprint density at radius 1 is 1.16 bits per heavy atom. The second-order valence-electron chi connectivity index (χ2n) is 6.27. The van der Waals surface area contributed by atoms with Gasteiger partial charge in [-0.05, 0) is 31.2 Å². The molecular weight excluding hydrogens is 324 g/mol. The Bertz CT molecular complexity index is 776. The van der Waals surface area contributed by atoms with Crippen molar-refractivity contribution in [1.82, 2.24) is 10.2 Å². The van der Waals surface area contributed by atoms with E-state index >= 15 is 0 Å². The molecular formula is C18H18N2O5. The molecule has 1 aliphatic rings. The number of carbonyl (C=O) groups excluding carboxylic acids is 3. The molecule has 1 unspecified atom stereocenters. The molecule has 0 radical (unpaired) electrons. The SMILES string of the molecule is CC(O)(CNC(=O)CN1C(=O)c2ccccc2C1=O)Cc1ccco1. The van der Waals surface area contributed by atoms with Gasteiger partial charge < -0.3 is 14.8 Å². The number of benzene rings is 1. The average Bonchev–Trinajstić information content (AvgIpc) is 3.16. The Labute approximate surface area is 144 Å². The van der Waals surface area contributed by atoms with E-state index in [2.05, 4.69) is 5.32 Å². The van der Waals surface area contributed by atoms with Crippen molar-refractivity contribution in [2.24, 2.45) is 0 Å². The minimum absolute atomic E-state index is 0.0320. The van der Waals surface area contributed by atoms with Gasteiger partial charge >= 0.3 is 0 Å². The van der Waals surface area contributed by atoms with Crippen molar-refractivity contribution in [3.8, 4) is 0 Å². The maximum absolute atomic E-state index is 12.2. The van der Waals surface area contributed by atoms with Crippen molar-refractivity contribution in [3.63, 3.8) is 0 Å². The monoisotopic (exact) mass is 342 g/mol. The van der Waals surface area contributed by atoms with Crippen molar-refractivity contribution in [2.45, 2.75) is 18.9 Å². The Morgan fingerprint density at radius 3 is 2.36 bits per heavy atom. The summed E-state index contributed by atoms with van der Waals surface area (Å²) in [6.07, 6.45) is 1.74. The molecule has 7 heteroatoms. The maximum atomic E-state index is 12.2. The van der Waals surface area contributed by atoms with Crippen LogP contribution in [0.2, 0.25) is 0 Å². The molecule has 2 N–H and O–H groups in total. The lowest BCUT2D eigenvalue weighted by Crippen LogP contribution is -2.46. The number of hydrogen-bond donors (Lipinski definition) is 2. The van der Waals surface area contributed by atoms with Gasteiger partial charge in [0.05, 0.1) is 23.0 Å². The van der Waals surface area contributed by atoms with E-state index in [0.717, 1.165) is 4.90 Å². The van der Waals surface area contributed by atoms with Crippen LogP contribution in [0.3, 0.4) is 0 Å². The highest BCUT2D eigenvalue weighted by Gasteiger charge is 2.36. The molecule has 3 amide bonds. The summed E-state index contributed by atoms with van der Waals surface area (Å²) >= 11 is 0. The molecule has 130 valence electrons. The Morgan fingerprint density at radius 2 is 1.80 bits per heavy atom. The van der Waals surface area contributed by atoms with Crippen LogP contribution in [0.1, 0.15) is 33.4 Å². The molecule has 7 nitrogen and oxygen atoms in total. The molecule has 0 saturated heterocycles. The van der Waals surface area contributed by atoms with E-state index in [-0.39, 0.29) is 19.5 Å². The van der Waals surface area contributed by atoms with Crippen LogP contribution in [0.15, 0.2) is 47.1 Å². The zero-order chi connectivity index (χ0) is 18.0. The van der Waals surface area contributed by atoms with Crippen molar-refractivity contribution < 1.29 is 23.9 Å². The Kier molecular flexibility index (Phi) is 4.41. The molecule has 2 aromatic rings. The number of nitrogens with zero attached hydrogens (tertiary/aromatic N) is 1. The summed E-state index contributed by atoms with van der Waals surface area (Å²) in [5.41, 5.74) is -0.620. The first-order valence-corrected chi connectivity index (χ1v) is 7.84. The quantitative estimate of drug-likeness (QED) is 0.763. The van der Waals surface area contributed by atoms with E-state index in [4.69, 9.17) is 4.42 Å². The number of imide groups is 1. The predicted molar refractivity (Wildman–Crippen MR) is 87.9 cm³/mol. The molecule has 25 heavy (non-hydrogen) atoms. The summed E-state index contributed by atoms with van der Waals surface area (Å²) in [7, 11) is 0. The second kappa shape index (κ2) is 6.52. The zero-order valence-electron chi connectivity index (χ0n) is 13.7. The molecule has 1 aromatic heterocycles. The number of carbonyl (C=O) groups is 3. The van der Waals surface area contributed by atoms with Gasteiger partial charge in [0.1, 0.15) is 12.3 Å². The third kappa shape index (κ3) is 3.61. The van der Waals surface area contributed by atoms with Crippen LogP contribution in [-0.2, 0) is 11.2 Å². The summed E-state index contributed by atoms with van der Waals surface area (Å²) in [5, 5.41) is 12.9. The van der Waals surface area contributed by atoms with Crippen LogP contribution in [0, 0.1) is 0 Å². The van der Waals surface area contributed by atoms with Gasteiger partial charge in [-0.2, -0.15) is 0 Å². The van der Waals surface area contributed by atoms with E-state index in [1.807, 2.05) is 0 Å². The highest BCUT2D eigenvalue weighted by molar-refractivity contribution is 6.22. The maximum Gasteiger partial charge on any atom is 0.262 e. The van der Waals surface area contributed by atoms with Crippen LogP contribution in [0.4, 0.5) is 0 Å². The number of amides is 3. The summed E-state index contributed by atoms with van der Waals surface area (Å²) in [4.78, 5) is 37.4. The lowest BCUT2D eigenvalue weighted by Gasteiger charge is -2.23. The fourth-order valence-corrected chi connectivity index (χ4v) is 2.72. The topological polar surface area (TPSA) is 99.9 Å². The average molecular weight is 342 g/mol. The Balaban J connectivity index is 1.57. The van der Waals surface area contributed by atoms with Gasteiger partial charge in [0.15, 0.2) is 0 Å². The molecule has 0 bridgehead atoms. The number of nitrogens with one attached hydrogen (secondary N) is 1. The molecule has 2 heterocycles. The zero-order valence-corrected chi connectivity index (χ0v) is 13.7. The van der Waals surface area contributed by atoms with E-state index in [1.165, 1.54) is 6.26 Å². The van der Waals surface area contributed by atoms with Crippen LogP contribution >= 0.6 is 0 Å². The smallest absolute Gasteiger partial charge is 0.262 e. The molecule has 1 aliphatic heterocycles. The highest BCUT2D eigenvalue weighted by atomic mass is 16.3. The minimum Gasteiger partial charge on any atom is -0.469 e. The van der Waals surface area contributed by atoms with Gasteiger partial charge in [-0.1, -0.05) is 12.1 Å². The largest absolute Gasteiger partial charge is 0.469 e. The number of fused-ring (bicyclic) bond motifs is 1. The molecule has 1 aromatic carbocycles. The lowest BCUT2D eigenvalue weighted by molar-refractivity contribution is -0.122. The number of furan rings is 1. The molecule has 0 fully saturated rings. The van der Waals surface area contributed by atoms with Crippen LogP contribution in [0.5, 0.6) is 0 Å². The molecule has 3 rings (SSSR count). The van der Waals surface area contributed by atoms with Crippen molar-refractivity contribution in [1.29, 1.82) is 0 Å². The van der Waals surface area contributed by atoms with Crippen molar-refractivity contribution in [2.75, 3.05) is 13.1 Å². The second-order valence-corrected chi connectivity index (χ2v) is 6.27. The Hall–Kier alpha value is -2.93. The van der Waals surface area contributed by atoms with Crippen molar-refractivity contribution in [3.05, 3.63) is 59.5 Å². The first-order chi connectivity index (χ1) is 11.9. The molecule has 0 saturated carbocycles. The number of rotatable bonds is 6. The fraction of sp³-hybridized carbons (Fsp3) is 0.278. The third-order valence-corrected chi connectivity index (χ3v) is 3.98. The first kappa shape index (κ1) is 16.9. The standard InChI is InChI=1S/C18H18N2O5/c1-18(24,9-12-5-4-8-25-12)11-19-15(21)10-20-16(22)13-6-2-3-7-14(13)17(20)23/h2-8,24H,9-11H2,1H3,(H,19,21). The van der Waals surface area contributed by atoms with Gasteiger partial charge in [-0.3, -0.25) is 19.3 Å².